The molecule has 3 aromatic rings. The first-order chi connectivity index (χ1) is 13.7. The molecule has 0 atom stereocenters. The van der Waals surface area contributed by atoms with Crippen LogP contribution in [0.5, 0.6) is 11.5 Å². The number of hydrogen-bond acceptors (Lipinski definition) is 6. The van der Waals surface area contributed by atoms with Crippen LogP contribution in [0.1, 0.15) is 25.7 Å². The molecule has 1 aromatic heterocycles. The maximum Gasteiger partial charge on any atom is 0.277 e. The Kier molecular flexibility index (Phi) is 5.18. The Labute approximate surface area is 161 Å². The molecule has 0 aliphatic carbocycles. The second-order valence-electron chi connectivity index (χ2n) is 6.56. The van der Waals surface area contributed by atoms with Crippen LogP contribution in [0.3, 0.4) is 0 Å². The van der Waals surface area contributed by atoms with Crippen molar-refractivity contribution in [3.63, 3.8) is 0 Å². The van der Waals surface area contributed by atoms with E-state index in [2.05, 4.69) is 15.6 Å². The van der Waals surface area contributed by atoms with Crippen LogP contribution in [0.2, 0.25) is 0 Å². The van der Waals surface area contributed by atoms with Gasteiger partial charge in [-0.05, 0) is 37.1 Å². The fraction of sp³-hybridized carbons (Fsp3) is 0.300. The first-order valence-electron chi connectivity index (χ1n) is 9.23. The van der Waals surface area contributed by atoms with Crippen molar-refractivity contribution in [2.45, 2.75) is 32.2 Å². The van der Waals surface area contributed by atoms with E-state index in [4.69, 9.17) is 9.47 Å². The van der Waals surface area contributed by atoms with E-state index in [0.717, 1.165) is 19.3 Å². The molecular weight excluding hydrogens is 360 g/mol. The number of aromatic nitrogens is 3. The number of aryl methyl sites for hydroxylation is 1. The predicted molar refractivity (Wildman–Crippen MR) is 103 cm³/mol. The minimum absolute atomic E-state index is 0.0541. The van der Waals surface area contributed by atoms with E-state index < -0.39 is 0 Å². The van der Waals surface area contributed by atoms with Gasteiger partial charge in [-0.2, -0.15) is 0 Å². The largest absolute Gasteiger partial charge is 0.454 e. The second-order valence-corrected chi connectivity index (χ2v) is 6.56. The summed E-state index contributed by atoms with van der Waals surface area (Å²) >= 11 is 0. The van der Waals surface area contributed by atoms with Gasteiger partial charge in [-0.15, -0.1) is 5.10 Å². The standard InChI is InChI=1S/C20H20N4O4/c25-19(21-14-9-10-17-18(12-14)28-13-27-17)8-2-1-5-11-24-20(26)15-6-3-4-7-16(15)22-23-24/h3-4,6-7,9-10,12H,1-2,5,8,11,13H2,(H,21,25). The van der Waals surface area contributed by atoms with Crippen molar-refractivity contribution in [1.82, 2.24) is 15.0 Å². The Morgan fingerprint density at radius 2 is 1.93 bits per heavy atom. The molecule has 0 saturated carbocycles. The maximum absolute atomic E-state index is 12.4. The molecule has 0 radical (unpaired) electrons. The third-order valence-electron chi connectivity index (χ3n) is 4.56. The lowest BCUT2D eigenvalue weighted by molar-refractivity contribution is -0.116. The fourth-order valence-electron chi connectivity index (χ4n) is 3.09. The molecule has 144 valence electrons. The average Bonchev–Trinajstić information content (AvgIpc) is 3.17. The highest BCUT2D eigenvalue weighted by molar-refractivity contribution is 5.91. The fourth-order valence-corrected chi connectivity index (χ4v) is 3.09. The minimum atomic E-state index is -0.133. The molecule has 8 nitrogen and oxygen atoms in total. The molecule has 1 aliphatic rings. The first-order valence-corrected chi connectivity index (χ1v) is 9.23. The molecule has 2 aromatic carbocycles. The Morgan fingerprint density at radius 3 is 2.86 bits per heavy atom. The van der Waals surface area contributed by atoms with Crippen LogP contribution >= 0.6 is 0 Å². The molecule has 0 bridgehead atoms. The number of carbonyl (C=O) groups is 1. The number of fused-ring (bicyclic) bond motifs is 2. The number of hydrogen-bond donors (Lipinski definition) is 1. The van der Waals surface area contributed by atoms with E-state index >= 15 is 0 Å². The zero-order valence-corrected chi connectivity index (χ0v) is 15.3. The molecule has 28 heavy (non-hydrogen) atoms. The van der Waals surface area contributed by atoms with Gasteiger partial charge in [0.1, 0.15) is 5.52 Å². The summed E-state index contributed by atoms with van der Waals surface area (Å²) in [5.41, 5.74) is 1.15. The summed E-state index contributed by atoms with van der Waals surface area (Å²) in [6.45, 7) is 0.692. The number of benzene rings is 2. The van der Waals surface area contributed by atoms with E-state index in [9.17, 15) is 9.59 Å². The van der Waals surface area contributed by atoms with Gasteiger partial charge in [0.25, 0.3) is 5.56 Å². The molecule has 8 heteroatoms. The second kappa shape index (κ2) is 8.08. The topological polar surface area (TPSA) is 95.3 Å². The maximum atomic E-state index is 12.4. The molecule has 0 unspecified atom stereocenters. The SMILES string of the molecule is O=C(CCCCCn1nnc2ccccc2c1=O)Nc1ccc2c(c1)OCO2. The summed E-state index contributed by atoms with van der Waals surface area (Å²) in [5, 5.41) is 11.5. The van der Waals surface area contributed by atoms with Crippen LogP contribution in [-0.2, 0) is 11.3 Å². The minimum Gasteiger partial charge on any atom is -0.454 e. The van der Waals surface area contributed by atoms with Crippen LogP contribution in [0, 0.1) is 0 Å². The van der Waals surface area contributed by atoms with Crippen molar-refractivity contribution in [1.29, 1.82) is 0 Å². The number of nitrogens with zero attached hydrogens (tertiary/aromatic N) is 3. The zero-order valence-electron chi connectivity index (χ0n) is 15.3. The van der Waals surface area contributed by atoms with Crippen LogP contribution in [-0.4, -0.2) is 27.7 Å². The summed E-state index contributed by atoms with van der Waals surface area (Å²) in [5.74, 6) is 1.27. The van der Waals surface area contributed by atoms with Crippen LogP contribution < -0.4 is 20.3 Å². The Hall–Kier alpha value is -3.42. The van der Waals surface area contributed by atoms with Crippen molar-refractivity contribution in [2.24, 2.45) is 0 Å². The van der Waals surface area contributed by atoms with E-state index in [-0.39, 0.29) is 18.3 Å². The monoisotopic (exact) mass is 380 g/mol. The highest BCUT2D eigenvalue weighted by Gasteiger charge is 2.14. The third-order valence-corrected chi connectivity index (χ3v) is 4.56. The summed E-state index contributed by atoms with van der Waals surface area (Å²) < 4.78 is 11.9. The molecule has 0 fully saturated rings. The molecule has 4 rings (SSSR count). The highest BCUT2D eigenvalue weighted by Crippen LogP contribution is 2.34. The number of unbranched alkanes of at least 4 members (excludes halogenated alkanes) is 2. The van der Waals surface area contributed by atoms with Gasteiger partial charge in [-0.3, -0.25) is 9.59 Å². The van der Waals surface area contributed by atoms with E-state index in [1.807, 2.05) is 12.1 Å². The molecule has 1 amide bonds. The average molecular weight is 380 g/mol. The van der Waals surface area contributed by atoms with Crippen LogP contribution in [0.15, 0.2) is 47.3 Å². The number of rotatable bonds is 7. The van der Waals surface area contributed by atoms with Crippen molar-refractivity contribution in [3.05, 3.63) is 52.8 Å². The van der Waals surface area contributed by atoms with E-state index in [0.29, 0.717) is 41.1 Å². The Balaban J connectivity index is 1.22. The molecule has 0 saturated heterocycles. The quantitative estimate of drug-likeness (QED) is 0.633. The Bertz CT molecular complexity index is 1060. The lowest BCUT2D eigenvalue weighted by atomic mass is 10.2. The highest BCUT2D eigenvalue weighted by atomic mass is 16.7. The molecular formula is C20H20N4O4. The molecule has 1 aliphatic heterocycles. The number of nitrogens with one attached hydrogen (secondary N) is 1. The number of anilines is 1. The van der Waals surface area contributed by atoms with Crippen molar-refractivity contribution in [2.75, 3.05) is 12.1 Å². The molecule has 0 spiro atoms. The van der Waals surface area contributed by atoms with Gasteiger partial charge >= 0.3 is 0 Å². The van der Waals surface area contributed by atoms with Gasteiger partial charge in [-0.1, -0.05) is 23.8 Å². The zero-order chi connectivity index (χ0) is 19.3. The van der Waals surface area contributed by atoms with Crippen molar-refractivity contribution in [3.8, 4) is 11.5 Å². The normalized spacial score (nSPS) is 12.3. The van der Waals surface area contributed by atoms with Gasteiger partial charge < -0.3 is 14.8 Å². The number of amides is 1. The summed E-state index contributed by atoms with van der Waals surface area (Å²) in [4.78, 5) is 24.4. The third kappa shape index (κ3) is 3.95. The molecule has 1 N–H and O–H groups in total. The smallest absolute Gasteiger partial charge is 0.277 e. The summed E-state index contributed by atoms with van der Waals surface area (Å²) in [6, 6.07) is 12.5. The van der Waals surface area contributed by atoms with Crippen molar-refractivity contribution >= 4 is 22.5 Å². The predicted octanol–water partition coefficient (Wildman–Crippen LogP) is 2.72. The lowest BCUT2D eigenvalue weighted by Gasteiger charge is -2.07. The van der Waals surface area contributed by atoms with E-state index in [1.54, 1.807) is 30.3 Å². The van der Waals surface area contributed by atoms with Crippen molar-refractivity contribution < 1.29 is 14.3 Å². The number of carbonyl (C=O) groups excluding carboxylic acids is 1. The number of ether oxygens (including phenoxy) is 2. The van der Waals surface area contributed by atoms with Gasteiger partial charge in [0, 0.05) is 24.7 Å². The Morgan fingerprint density at radius 1 is 1.07 bits per heavy atom. The van der Waals surface area contributed by atoms with Crippen LogP contribution in [0.4, 0.5) is 5.69 Å². The van der Waals surface area contributed by atoms with E-state index in [1.165, 1.54) is 4.68 Å². The van der Waals surface area contributed by atoms with Crippen LogP contribution in [0.25, 0.3) is 10.9 Å². The lowest BCUT2D eigenvalue weighted by Crippen LogP contribution is -2.24. The summed E-state index contributed by atoms with van der Waals surface area (Å²) in [7, 11) is 0. The molecule has 2 heterocycles. The van der Waals surface area contributed by atoms with Gasteiger partial charge in [0.2, 0.25) is 12.7 Å². The first kappa shape index (κ1) is 18.0. The van der Waals surface area contributed by atoms with Gasteiger partial charge in [0.05, 0.1) is 5.39 Å². The van der Waals surface area contributed by atoms with Gasteiger partial charge in [-0.25, -0.2) is 4.68 Å². The van der Waals surface area contributed by atoms with Gasteiger partial charge in [0.15, 0.2) is 11.5 Å². The summed E-state index contributed by atoms with van der Waals surface area (Å²) in [6.07, 6.45) is 2.71.